The van der Waals surface area contributed by atoms with Crippen LogP contribution < -0.4 is 9.47 Å². The van der Waals surface area contributed by atoms with Crippen LogP contribution in [0.3, 0.4) is 0 Å². The van der Waals surface area contributed by atoms with Gasteiger partial charge in [-0.05, 0) is 47.7 Å². The fourth-order valence-electron chi connectivity index (χ4n) is 2.55. The summed E-state index contributed by atoms with van der Waals surface area (Å²) in [6.07, 6.45) is 1.57. The number of benzene rings is 2. The van der Waals surface area contributed by atoms with Crippen molar-refractivity contribution < 1.29 is 29.0 Å². The second-order valence-electron chi connectivity index (χ2n) is 5.76. The number of carbonyl (C=O) groups is 3. The Labute approximate surface area is 165 Å². The van der Waals surface area contributed by atoms with Crippen molar-refractivity contribution in [1.29, 1.82) is 0 Å². The number of amides is 2. The van der Waals surface area contributed by atoms with Crippen LogP contribution in [0.15, 0.2) is 53.4 Å². The summed E-state index contributed by atoms with van der Waals surface area (Å²) in [6.45, 7) is 0.247. The molecule has 0 aromatic heterocycles. The largest absolute Gasteiger partial charge is 0.493 e. The Morgan fingerprint density at radius 1 is 1.11 bits per heavy atom. The molecule has 0 bridgehead atoms. The Bertz CT molecular complexity index is 938. The molecule has 1 aliphatic rings. The normalized spacial score (nSPS) is 15.2. The maximum absolute atomic E-state index is 12.5. The van der Waals surface area contributed by atoms with E-state index in [2.05, 4.69) is 0 Å². The number of rotatable bonds is 7. The topological polar surface area (TPSA) is 93.1 Å². The number of imide groups is 1. The molecule has 7 nitrogen and oxygen atoms in total. The van der Waals surface area contributed by atoms with Gasteiger partial charge in [0.25, 0.3) is 11.1 Å². The molecule has 8 heteroatoms. The van der Waals surface area contributed by atoms with Crippen molar-refractivity contribution in [3.63, 3.8) is 0 Å². The molecule has 1 aliphatic heterocycles. The van der Waals surface area contributed by atoms with Crippen molar-refractivity contribution in [3.8, 4) is 11.5 Å². The van der Waals surface area contributed by atoms with Gasteiger partial charge in [-0.1, -0.05) is 24.3 Å². The number of hydrogen-bond donors (Lipinski definition) is 1. The smallest absolute Gasteiger partial charge is 0.335 e. The van der Waals surface area contributed by atoms with Gasteiger partial charge in [0.15, 0.2) is 11.5 Å². The first kappa shape index (κ1) is 19.5. The Balaban J connectivity index is 1.63. The van der Waals surface area contributed by atoms with Gasteiger partial charge in [-0.25, -0.2) is 4.79 Å². The summed E-state index contributed by atoms with van der Waals surface area (Å²) in [7, 11) is 1.53. The van der Waals surface area contributed by atoms with Gasteiger partial charge in [0.1, 0.15) is 6.61 Å². The highest BCUT2D eigenvalue weighted by Crippen LogP contribution is 2.32. The summed E-state index contributed by atoms with van der Waals surface area (Å²) in [5.74, 6) is -0.324. The third kappa shape index (κ3) is 4.34. The van der Waals surface area contributed by atoms with Crippen LogP contribution in [0.25, 0.3) is 6.08 Å². The number of carbonyl (C=O) groups excluding carboxylic acids is 2. The van der Waals surface area contributed by atoms with Gasteiger partial charge < -0.3 is 14.6 Å². The quantitative estimate of drug-likeness (QED) is 0.712. The molecule has 144 valence electrons. The minimum Gasteiger partial charge on any atom is -0.493 e. The molecule has 2 aromatic rings. The van der Waals surface area contributed by atoms with Gasteiger partial charge in [-0.2, -0.15) is 0 Å². The summed E-state index contributed by atoms with van der Waals surface area (Å²) in [5, 5.41) is 8.55. The molecule has 0 saturated carbocycles. The van der Waals surface area contributed by atoms with E-state index in [1.54, 1.807) is 36.4 Å². The molecular weight excluding hydrogens is 382 g/mol. The first-order valence-corrected chi connectivity index (χ1v) is 9.16. The van der Waals surface area contributed by atoms with E-state index >= 15 is 0 Å². The van der Waals surface area contributed by atoms with Gasteiger partial charge in [0, 0.05) is 0 Å². The van der Waals surface area contributed by atoms with Crippen LogP contribution in [-0.2, 0) is 4.79 Å². The monoisotopic (exact) mass is 399 g/mol. The molecule has 0 unspecified atom stereocenters. The number of methoxy groups -OCH3 is 1. The number of hydrogen-bond acceptors (Lipinski definition) is 6. The van der Waals surface area contributed by atoms with Crippen molar-refractivity contribution in [3.05, 3.63) is 64.6 Å². The van der Waals surface area contributed by atoms with E-state index in [-0.39, 0.29) is 28.9 Å². The van der Waals surface area contributed by atoms with Crippen LogP contribution in [0.2, 0.25) is 0 Å². The summed E-state index contributed by atoms with van der Waals surface area (Å²) in [5.41, 5.74) is 0.791. The average Bonchev–Trinajstić information content (AvgIpc) is 2.96. The van der Waals surface area contributed by atoms with Crippen molar-refractivity contribution in [2.75, 3.05) is 20.3 Å². The number of nitrogens with zero attached hydrogens (tertiary/aromatic N) is 1. The molecule has 1 saturated heterocycles. The minimum absolute atomic E-state index is 0.109. The van der Waals surface area contributed by atoms with Gasteiger partial charge in [0.05, 0.1) is 24.1 Å². The lowest BCUT2D eigenvalue weighted by atomic mass is 10.1. The lowest BCUT2D eigenvalue weighted by molar-refractivity contribution is -0.123. The Morgan fingerprint density at radius 3 is 2.43 bits per heavy atom. The lowest BCUT2D eigenvalue weighted by Crippen LogP contribution is -2.32. The molecular formula is C20H17NO6S. The van der Waals surface area contributed by atoms with Gasteiger partial charge in [-0.15, -0.1) is 0 Å². The van der Waals surface area contributed by atoms with Crippen molar-refractivity contribution in [1.82, 2.24) is 4.90 Å². The van der Waals surface area contributed by atoms with E-state index < -0.39 is 11.9 Å². The molecule has 1 heterocycles. The van der Waals surface area contributed by atoms with E-state index in [4.69, 9.17) is 14.6 Å². The van der Waals surface area contributed by atoms with E-state index in [1.807, 2.05) is 6.07 Å². The Hall–Kier alpha value is -3.26. The first-order valence-electron chi connectivity index (χ1n) is 8.34. The maximum atomic E-state index is 12.5. The zero-order valence-corrected chi connectivity index (χ0v) is 15.8. The second kappa shape index (κ2) is 8.62. The zero-order valence-electron chi connectivity index (χ0n) is 15.0. The number of aromatic carboxylic acids is 1. The fourth-order valence-corrected chi connectivity index (χ4v) is 3.42. The van der Waals surface area contributed by atoms with Crippen LogP contribution in [0.5, 0.6) is 11.5 Å². The molecule has 0 atom stereocenters. The van der Waals surface area contributed by atoms with E-state index in [0.717, 1.165) is 16.7 Å². The number of carboxylic acid groups (broad SMARTS) is 1. The summed E-state index contributed by atoms with van der Waals surface area (Å²) in [4.78, 5) is 37.0. The van der Waals surface area contributed by atoms with Crippen molar-refractivity contribution in [2.45, 2.75) is 0 Å². The Kier molecular flexibility index (Phi) is 6.00. The minimum atomic E-state index is -1.03. The standard InChI is InChI=1S/C20H17NO6S/c1-26-15-4-2-3-5-16(15)27-11-10-21-18(22)17(28-20(21)25)12-13-6-8-14(9-7-13)19(23)24/h2-9,12H,10-11H2,1H3,(H,23,24)/b17-12-. The summed E-state index contributed by atoms with van der Waals surface area (Å²) >= 11 is 0.843. The first-order chi connectivity index (χ1) is 13.5. The molecule has 1 N–H and O–H groups in total. The van der Waals surface area contributed by atoms with Gasteiger partial charge >= 0.3 is 5.97 Å². The predicted molar refractivity (Wildman–Crippen MR) is 105 cm³/mol. The predicted octanol–water partition coefficient (Wildman–Crippen LogP) is 3.51. The lowest BCUT2D eigenvalue weighted by Gasteiger charge is -2.14. The van der Waals surface area contributed by atoms with Crippen LogP contribution >= 0.6 is 11.8 Å². The zero-order chi connectivity index (χ0) is 20.1. The summed E-state index contributed by atoms with van der Waals surface area (Å²) < 4.78 is 10.8. The molecule has 3 rings (SSSR count). The number of para-hydroxylation sites is 2. The molecule has 0 radical (unpaired) electrons. The van der Waals surface area contributed by atoms with Gasteiger partial charge in [-0.3, -0.25) is 14.5 Å². The molecule has 0 aliphatic carbocycles. The van der Waals surface area contributed by atoms with Crippen LogP contribution in [0.4, 0.5) is 4.79 Å². The molecule has 2 aromatic carbocycles. The van der Waals surface area contributed by atoms with E-state index in [9.17, 15) is 14.4 Å². The molecule has 2 amide bonds. The molecule has 1 fully saturated rings. The second-order valence-corrected chi connectivity index (χ2v) is 6.75. The third-order valence-corrected chi connectivity index (χ3v) is 4.88. The highest BCUT2D eigenvalue weighted by Gasteiger charge is 2.34. The van der Waals surface area contributed by atoms with Crippen molar-refractivity contribution >= 4 is 35.0 Å². The SMILES string of the molecule is COc1ccccc1OCCN1C(=O)S/C(=C\c2ccc(C(=O)O)cc2)C1=O. The van der Waals surface area contributed by atoms with Gasteiger partial charge in [0.2, 0.25) is 0 Å². The maximum Gasteiger partial charge on any atom is 0.335 e. The third-order valence-electron chi connectivity index (χ3n) is 3.97. The van der Waals surface area contributed by atoms with E-state index in [1.165, 1.54) is 19.2 Å². The Morgan fingerprint density at radius 2 is 1.79 bits per heavy atom. The average molecular weight is 399 g/mol. The van der Waals surface area contributed by atoms with Crippen molar-refractivity contribution in [2.24, 2.45) is 0 Å². The summed E-state index contributed by atoms with van der Waals surface area (Å²) in [6, 6.07) is 13.2. The van der Waals surface area contributed by atoms with Crippen LogP contribution in [0.1, 0.15) is 15.9 Å². The number of ether oxygens (including phenoxy) is 2. The fraction of sp³-hybridized carbons (Fsp3) is 0.150. The van der Waals surface area contributed by atoms with Crippen LogP contribution in [-0.4, -0.2) is 47.4 Å². The number of thioether (sulfide) groups is 1. The molecule has 28 heavy (non-hydrogen) atoms. The van der Waals surface area contributed by atoms with E-state index in [0.29, 0.717) is 17.1 Å². The highest BCUT2D eigenvalue weighted by atomic mass is 32.2. The van der Waals surface area contributed by atoms with Crippen LogP contribution in [0, 0.1) is 0 Å². The number of carboxylic acids is 1. The molecule has 0 spiro atoms. The highest BCUT2D eigenvalue weighted by molar-refractivity contribution is 8.18.